The first-order valence-electron chi connectivity index (χ1n) is 12.5. The molecule has 3 rings (SSSR count). The van der Waals surface area contributed by atoms with Crippen LogP contribution in [0, 0.1) is 0 Å². The summed E-state index contributed by atoms with van der Waals surface area (Å²) in [4.78, 5) is 83.8. The molecule has 17 nitrogen and oxygen atoms in total. The van der Waals surface area contributed by atoms with Crippen LogP contribution in [0.2, 0.25) is 0 Å². The Hall–Kier alpha value is -4.51. The van der Waals surface area contributed by atoms with Crippen molar-refractivity contribution in [2.75, 3.05) is 12.3 Å². The number of aromatic nitrogens is 4. The molecule has 222 valence electrons. The second-order valence-corrected chi connectivity index (χ2v) is 9.18. The third kappa shape index (κ3) is 8.49. The molecule has 41 heavy (non-hydrogen) atoms. The molecule has 0 aliphatic carbocycles. The van der Waals surface area contributed by atoms with Crippen molar-refractivity contribution in [2.24, 2.45) is 0 Å². The molecule has 0 bridgehead atoms. The summed E-state index contributed by atoms with van der Waals surface area (Å²) in [6, 6.07) is 0. The van der Waals surface area contributed by atoms with Gasteiger partial charge in [-0.15, -0.1) is 0 Å². The second kappa shape index (κ2) is 14.2. The average molecular weight is 579 g/mol. The minimum absolute atomic E-state index is 0.0614. The summed E-state index contributed by atoms with van der Waals surface area (Å²) in [6.07, 6.45) is -4.09. The lowest BCUT2D eigenvalue weighted by Crippen LogP contribution is -2.41. The molecule has 1 fully saturated rings. The Balaban J connectivity index is 1.92. The van der Waals surface area contributed by atoms with Crippen molar-refractivity contribution in [3.63, 3.8) is 0 Å². The molecule has 0 spiro atoms. The number of Topliss-reactive ketones (excluding diaryl/α,β-unsaturated/α-hetero) is 2. The Labute approximate surface area is 232 Å². The van der Waals surface area contributed by atoms with E-state index in [0.29, 0.717) is 0 Å². The van der Waals surface area contributed by atoms with E-state index < -0.39 is 55.0 Å². The lowest BCUT2D eigenvalue weighted by Gasteiger charge is -2.24. The molecule has 0 radical (unpaired) electrons. The monoisotopic (exact) mass is 578 g/mol. The molecular formula is C24H30N6O11. The van der Waals surface area contributed by atoms with Crippen LogP contribution in [0.3, 0.4) is 0 Å². The van der Waals surface area contributed by atoms with Gasteiger partial charge in [0, 0.05) is 19.3 Å². The predicted octanol–water partition coefficient (Wildman–Crippen LogP) is -0.303. The van der Waals surface area contributed by atoms with Crippen LogP contribution in [-0.4, -0.2) is 85.0 Å². The van der Waals surface area contributed by atoms with Crippen LogP contribution in [0.25, 0.3) is 11.2 Å². The number of ether oxygens (including phenoxy) is 4. The number of fused-ring (bicyclic) bond motifs is 1. The Morgan fingerprint density at radius 3 is 2.12 bits per heavy atom. The number of hydroxylamine groups is 1. The normalized spacial score (nSPS) is 19.9. The van der Waals surface area contributed by atoms with E-state index in [2.05, 4.69) is 15.0 Å². The predicted molar refractivity (Wildman–Crippen MR) is 133 cm³/mol. The number of nitrogen functional groups attached to an aromatic ring is 1. The number of nitrogens with zero attached hydrogens (tertiary/aromatic N) is 4. The Bertz CT molecular complexity index is 1310. The highest BCUT2D eigenvalue weighted by Crippen LogP contribution is 2.36. The van der Waals surface area contributed by atoms with E-state index in [0.717, 1.165) is 0 Å². The van der Waals surface area contributed by atoms with E-state index in [-0.39, 0.29) is 67.1 Å². The van der Waals surface area contributed by atoms with Gasteiger partial charge in [0.05, 0.1) is 25.6 Å². The van der Waals surface area contributed by atoms with Crippen molar-refractivity contribution in [3.8, 4) is 0 Å². The molecule has 1 amide bonds. The first-order chi connectivity index (χ1) is 19.5. The summed E-state index contributed by atoms with van der Waals surface area (Å²) < 4.78 is 23.9. The Kier molecular flexibility index (Phi) is 10.8. The number of nitrogens with two attached hydrogens (primary N) is 1. The van der Waals surface area contributed by atoms with Crippen molar-refractivity contribution >= 4 is 52.4 Å². The maximum atomic E-state index is 12.7. The number of amides is 1. The number of carbonyl (C=O) groups is 6. The van der Waals surface area contributed by atoms with Crippen molar-refractivity contribution in [1.82, 2.24) is 25.0 Å². The lowest BCUT2D eigenvalue weighted by atomic mass is 10.1. The fourth-order valence-electron chi connectivity index (χ4n) is 3.89. The highest BCUT2D eigenvalue weighted by Gasteiger charge is 2.51. The minimum atomic E-state index is -1.34. The van der Waals surface area contributed by atoms with Crippen LogP contribution in [0.5, 0.6) is 0 Å². The summed E-state index contributed by atoms with van der Waals surface area (Å²) in [5.74, 6) is -3.68. The van der Waals surface area contributed by atoms with Crippen LogP contribution in [-0.2, 0) is 47.7 Å². The number of ketones is 2. The number of esters is 3. The molecule has 17 heteroatoms. The van der Waals surface area contributed by atoms with Gasteiger partial charge in [0.2, 0.25) is 5.91 Å². The fraction of sp³-hybridized carbons (Fsp3) is 0.542. The third-order valence-electron chi connectivity index (χ3n) is 5.93. The summed E-state index contributed by atoms with van der Waals surface area (Å²) in [5.41, 5.74) is 7.69. The smallest absolute Gasteiger partial charge is 0.306 e. The van der Waals surface area contributed by atoms with Crippen LogP contribution < -0.4 is 11.2 Å². The van der Waals surface area contributed by atoms with Gasteiger partial charge in [-0.2, -0.15) is 0 Å². The van der Waals surface area contributed by atoms with Crippen LogP contribution in [0.15, 0.2) is 12.7 Å². The molecule has 0 aromatic carbocycles. The number of carbonyl (C=O) groups excluding carboxylic acids is 6. The highest BCUT2D eigenvalue weighted by molar-refractivity contribution is 5.83. The quantitative estimate of drug-likeness (QED) is 0.113. The molecule has 1 unspecified atom stereocenters. The Morgan fingerprint density at radius 1 is 0.902 bits per heavy atom. The van der Waals surface area contributed by atoms with E-state index in [9.17, 15) is 28.8 Å². The zero-order chi connectivity index (χ0) is 30.1. The summed E-state index contributed by atoms with van der Waals surface area (Å²) in [7, 11) is 0. The molecule has 3 heterocycles. The van der Waals surface area contributed by atoms with Gasteiger partial charge < -0.3 is 34.3 Å². The topological polar surface area (TPSA) is 241 Å². The summed E-state index contributed by atoms with van der Waals surface area (Å²) in [6.45, 7) is 2.12. The van der Waals surface area contributed by atoms with Gasteiger partial charge in [-0.3, -0.25) is 29.0 Å². The fourth-order valence-corrected chi connectivity index (χ4v) is 3.89. The van der Waals surface area contributed by atoms with Gasteiger partial charge in [-0.25, -0.2) is 20.4 Å². The largest absolute Gasteiger partial charge is 0.463 e. The molecule has 0 saturated carbocycles. The summed E-state index contributed by atoms with van der Waals surface area (Å²) >= 11 is 0. The number of anilines is 1. The number of hydrogen-bond acceptors (Lipinski definition) is 15. The molecule has 1 aliphatic heterocycles. The van der Waals surface area contributed by atoms with Crippen molar-refractivity contribution < 1.29 is 52.9 Å². The first-order valence-corrected chi connectivity index (χ1v) is 12.5. The lowest BCUT2D eigenvalue weighted by molar-refractivity contribution is -0.169. The molecule has 4 atom stereocenters. The van der Waals surface area contributed by atoms with E-state index in [1.165, 1.54) is 36.5 Å². The van der Waals surface area contributed by atoms with Gasteiger partial charge in [-0.05, 0) is 13.8 Å². The SMILES string of the molecule is CC(=O)CCC(=O)OC1[C@@H](COC(=O)CCC(=O)NO)O[C@@H](n2cnc3c(N)ncnc32)[C@H]1OC(=O)CCC(C)=O. The van der Waals surface area contributed by atoms with E-state index in [4.69, 9.17) is 29.9 Å². The van der Waals surface area contributed by atoms with Gasteiger partial charge in [0.15, 0.2) is 29.9 Å². The number of nitrogens with one attached hydrogen (secondary N) is 1. The zero-order valence-corrected chi connectivity index (χ0v) is 22.3. The molecule has 1 saturated heterocycles. The van der Waals surface area contributed by atoms with Crippen LogP contribution in [0.4, 0.5) is 5.82 Å². The molecule has 2 aromatic rings. The van der Waals surface area contributed by atoms with Gasteiger partial charge in [0.25, 0.3) is 0 Å². The third-order valence-corrected chi connectivity index (χ3v) is 5.93. The standard InChI is InChI=1S/C24H30N6O11/c1-12(31)3-6-17(35)40-20-14(9-38-16(34)8-5-15(33)29-37)39-24(21(20)41-18(36)7-4-13(2)32)30-11-28-19-22(25)26-10-27-23(19)30/h10-11,14,20-21,24,37H,3-9H2,1-2H3,(H,29,33)(H2,25,26,27)/t14-,20?,21+,24-/m1/s1. The Morgan fingerprint density at radius 2 is 1.51 bits per heavy atom. The second-order valence-electron chi connectivity index (χ2n) is 9.18. The summed E-state index contributed by atoms with van der Waals surface area (Å²) in [5, 5.41) is 8.60. The minimum Gasteiger partial charge on any atom is -0.463 e. The van der Waals surface area contributed by atoms with Crippen molar-refractivity contribution in [2.45, 2.75) is 76.9 Å². The van der Waals surface area contributed by atoms with E-state index in [1.807, 2.05) is 0 Å². The average Bonchev–Trinajstić information content (AvgIpc) is 3.50. The van der Waals surface area contributed by atoms with E-state index >= 15 is 0 Å². The van der Waals surface area contributed by atoms with E-state index in [1.54, 1.807) is 0 Å². The van der Waals surface area contributed by atoms with Gasteiger partial charge in [0.1, 0.15) is 36.1 Å². The maximum Gasteiger partial charge on any atom is 0.306 e. The number of hydrogen-bond donors (Lipinski definition) is 3. The number of rotatable bonds is 14. The molecular weight excluding hydrogens is 548 g/mol. The van der Waals surface area contributed by atoms with Crippen molar-refractivity contribution in [1.29, 1.82) is 0 Å². The maximum absolute atomic E-state index is 12.7. The van der Waals surface area contributed by atoms with Crippen molar-refractivity contribution in [3.05, 3.63) is 12.7 Å². The van der Waals surface area contributed by atoms with Crippen LogP contribution in [0.1, 0.15) is 58.6 Å². The molecule has 4 N–H and O–H groups in total. The zero-order valence-electron chi connectivity index (χ0n) is 22.3. The molecule has 2 aromatic heterocycles. The number of imidazole rings is 1. The van der Waals surface area contributed by atoms with Gasteiger partial charge >= 0.3 is 17.9 Å². The highest BCUT2D eigenvalue weighted by atomic mass is 16.7. The van der Waals surface area contributed by atoms with Crippen LogP contribution >= 0.6 is 0 Å². The first kappa shape index (κ1) is 31.0. The van der Waals surface area contributed by atoms with Gasteiger partial charge in [-0.1, -0.05) is 0 Å². The molecule has 1 aliphatic rings.